The highest BCUT2D eigenvalue weighted by atomic mass is 16.7. The van der Waals surface area contributed by atoms with E-state index in [1.165, 1.54) is 6.92 Å². The van der Waals surface area contributed by atoms with Crippen LogP contribution in [0.3, 0.4) is 0 Å². The van der Waals surface area contributed by atoms with Gasteiger partial charge < -0.3 is 50.3 Å². The van der Waals surface area contributed by atoms with E-state index in [4.69, 9.17) is 29.9 Å². The number of carboxylic acids is 1. The third kappa shape index (κ3) is 7.34. The third-order valence-electron chi connectivity index (χ3n) is 3.21. The summed E-state index contributed by atoms with van der Waals surface area (Å²) in [6.07, 6.45) is -11.7. The van der Waals surface area contributed by atoms with Crippen LogP contribution >= 0.6 is 0 Å². The molecule has 11 nitrogen and oxygen atoms in total. The molecular formula is C13H26O11. The van der Waals surface area contributed by atoms with E-state index in [9.17, 15) is 25.2 Å². The second-order valence-corrected chi connectivity index (χ2v) is 5.18. The standard InChI is InChI=1S/C13H26O11/c1-6(17)9(5-16)24-13(7(18)4-15)23-8(2-3-14)10(19)11(20)12(21)22/h6-11,13-20H,2-5H2,1H3,(H,21,22). The number of aliphatic hydroxyl groups excluding tert-OH is 7. The zero-order chi connectivity index (χ0) is 18.9. The number of aliphatic hydroxyl groups is 7. The molecule has 0 bridgehead atoms. The Kier molecular flexibility index (Phi) is 11.2. The van der Waals surface area contributed by atoms with Crippen LogP contribution in [0.25, 0.3) is 0 Å². The van der Waals surface area contributed by atoms with Gasteiger partial charge in [-0.05, 0) is 13.3 Å². The van der Waals surface area contributed by atoms with Crippen LogP contribution in [0, 0.1) is 0 Å². The summed E-state index contributed by atoms with van der Waals surface area (Å²) >= 11 is 0. The van der Waals surface area contributed by atoms with Gasteiger partial charge >= 0.3 is 5.97 Å². The molecule has 0 aliphatic carbocycles. The zero-order valence-corrected chi connectivity index (χ0v) is 13.2. The molecule has 0 aliphatic heterocycles. The molecule has 0 aromatic heterocycles. The molecule has 0 amide bonds. The monoisotopic (exact) mass is 358 g/mol. The number of carboxylic acid groups (broad SMARTS) is 1. The van der Waals surface area contributed by atoms with Gasteiger partial charge in [0.25, 0.3) is 0 Å². The van der Waals surface area contributed by atoms with Crippen molar-refractivity contribution in [3.63, 3.8) is 0 Å². The lowest BCUT2D eigenvalue weighted by Crippen LogP contribution is -2.49. The van der Waals surface area contributed by atoms with E-state index in [0.717, 1.165) is 0 Å². The summed E-state index contributed by atoms with van der Waals surface area (Å²) in [7, 11) is 0. The predicted octanol–water partition coefficient (Wildman–Crippen LogP) is -4.00. The Labute approximate surface area is 138 Å². The first kappa shape index (κ1) is 23.1. The van der Waals surface area contributed by atoms with Gasteiger partial charge in [0.1, 0.15) is 18.3 Å². The highest BCUT2D eigenvalue weighted by Crippen LogP contribution is 2.17. The summed E-state index contributed by atoms with van der Waals surface area (Å²) in [4.78, 5) is 10.7. The molecule has 0 spiro atoms. The zero-order valence-electron chi connectivity index (χ0n) is 13.2. The van der Waals surface area contributed by atoms with Crippen molar-refractivity contribution in [2.45, 2.75) is 56.3 Å². The fourth-order valence-electron chi connectivity index (χ4n) is 1.75. The van der Waals surface area contributed by atoms with Crippen LogP contribution in [0.1, 0.15) is 13.3 Å². The first-order valence-electron chi connectivity index (χ1n) is 7.28. The lowest BCUT2D eigenvalue weighted by molar-refractivity contribution is -0.271. The summed E-state index contributed by atoms with van der Waals surface area (Å²) in [5.74, 6) is -1.73. The maximum Gasteiger partial charge on any atom is 0.335 e. The third-order valence-corrected chi connectivity index (χ3v) is 3.21. The van der Waals surface area contributed by atoms with Gasteiger partial charge in [-0.3, -0.25) is 0 Å². The number of rotatable bonds is 13. The SMILES string of the molecule is CC(O)C(CO)OC(OC(CCO)C(O)C(O)C(=O)O)C(O)CO. The van der Waals surface area contributed by atoms with Crippen LogP contribution in [0.5, 0.6) is 0 Å². The molecule has 7 atom stereocenters. The molecule has 0 fully saturated rings. The van der Waals surface area contributed by atoms with Gasteiger partial charge in [-0.1, -0.05) is 0 Å². The Bertz CT molecular complexity index is 351. The second kappa shape index (κ2) is 11.6. The number of hydrogen-bond acceptors (Lipinski definition) is 10. The minimum Gasteiger partial charge on any atom is -0.479 e. The van der Waals surface area contributed by atoms with E-state index in [-0.39, 0.29) is 6.42 Å². The molecule has 8 N–H and O–H groups in total. The maximum absolute atomic E-state index is 10.7. The molecule has 24 heavy (non-hydrogen) atoms. The molecule has 144 valence electrons. The average molecular weight is 358 g/mol. The smallest absolute Gasteiger partial charge is 0.335 e. The summed E-state index contributed by atoms with van der Waals surface area (Å²) in [5, 5.41) is 74.1. The van der Waals surface area contributed by atoms with Crippen LogP contribution < -0.4 is 0 Å². The number of ether oxygens (including phenoxy) is 2. The maximum atomic E-state index is 10.7. The summed E-state index contributed by atoms with van der Waals surface area (Å²) in [6, 6.07) is 0. The van der Waals surface area contributed by atoms with Crippen LogP contribution in [0.2, 0.25) is 0 Å². The Morgan fingerprint density at radius 3 is 1.88 bits per heavy atom. The van der Waals surface area contributed by atoms with Crippen LogP contribution in [0.4, 0.5) is 0 Å². The predicted molar refractivity (Wildman–Crippen MR) is 76.7 cm³/mol. The first-order chi connectivity index (χ1) is 11.2. The van der Waals surface area contributed by atoms with Crippen molar-refractivity contribution < 1.29 is 55.1 Å². The van der Waals surface area contributed by atoms with Crippen molar-refractivity contribution in [1.29, 1.82) is 0 Å². The fourth-order valence-corrected chi connectivity index (χ4v) is 1.75. The van der Waals surface area contributed by atoms with E-state index in [1.807, 2.05) is 0 Å². The molecule has 0 aromatic carbocycles. The molecule has 7 unspecified atom stereocenters. The van der Waals surface area contributed by atoms with Gasteiger partial charge in [0, 0.05) is 6.61 Å². The molecule has 0 aromatic rings. The van der Waals surface area contributed by atoms with E-state index in [0.29, 0.717) is 0 Å². The van der Waals surface area contributed by atoms with Gasteiger partial charge in [-0.2, -0.15) is 0 Å². The van der Waals surface area contributed by atoms with Crippen LogP contribution in [-0.2, 0) is 14.3 Å². The number of aliphatic carboxylic acids is 1. The lowest BCUT2D eigenvalue weighted by atomic mass is 10.1. The lowest BCUT2D eigenvalue weighted by Gasteiger charge is -2.33. The fraction of sp³-hybridized carbons (Fsp3) is 0.923. The highest BCUT2D eigenvalue weighted by molar-refractivity contribution is 5.72. The molecular weight excluding hydrogens is 332 g/mol. The Hall–Kier alpha value is -0.890. The summed E-state index contributed by atoms with van der Waals surface area (Å²) in [6.45, 7) is -0.750. The molecule has 0 saturated heterocycles. The van der Waals surface area contributed by atoms with Gasteiger partial charge in [0.05, 0.1) is 25.4 Å². The summed E-state index contributed by atoms with van der Waals surface area (Å²) in [5.41, 5.74) is 0. The largest absolute Gasteiger partial charge is 0.479 e. The molecule has 0 rings (SSSR count). The normalized spacial score (nSPS) is 20.7. The molecule has 0 radical (unpaired) electrons. The van der Waals surface area contributed by atoms with Gasteiger partial charge in [0.15, 0.2) is 12.4 Å². The van der Waals surface area contributed by atoms with E-state index in [1.54, 1.807) is 0 Å². The molecule has 0 heterocycles. The topological polar surface area (TPSA) is 197 Å². The Morgan fingerprint density at radius 1 is 0.958 bits per heavy atom. The highest BCUT2D eigenvalue weighted by Gasteiger charge is 2.36. The average Bonchev–Trinajstić information content (AvgIpc) is 2.54. The molecule has 11 heteroatoms. The van der Waals surface area contributed by atoms with Crippen molar-refractivity contribution in [1.82, 2.24) is 0 Å². The first-order valence-corrected chi connectivity index (χ1v) is 7.28. The molecule has 0 aliphatic rings. The van der Waals surface area contributed by atoms with Crippen molar-refractivity contribution in [3.05, 3.63) is 0 Å². The number of hydrogen-bond donors (Lipinski definition) is 8. The number of carbonyl (C=O) groups is 1. The van der Waals surface area contributed by atoms with E-state index >= 15 is 0 Å². The van der Waals surface area contributed by atoms with Crippen molar-refractivity contribution in [3.8, 4) is 0 Å². The second-order valence-electron chi connectivity index (χ2n) is 5.18. The van der Waals surface area contributed by atoms with Crippen LogP contribution in [-0.4, -0.2) is 110 Å². The van der Waals surface area contributed by atoms with E-state index < -0.39 is 68.7 Å². The van der Waals surface area contributed by atoms with E-state index in [2.05, 4.69) is 0 Å². The molecule has 0 saturated carbocycles. The van der Waals surface area contributed by atoms with Gasteiger partial charge in [-0.15, -0.1) is 0 Å². The minimum atomic E-state index is -2.22. The van der Waals surface area contributed by atoms with Crippen molar-refractivity contribution >= 4 is 5.97 Å². The Morgan fingerprint density at radius 2 is 1.50 bits per heavy atom. The van der Waals surface area contributed by atoms with Crippen LogP contribution in [0.15, 0.2) is 0 Å². The minimum absolute atomic E-state index is 0.317. The van der Waals surface area contributed by atoms with Crippen molar-refractivity contribution in [2.24, 2.45) is 0 Å². The Balaban J connectivity index is 5.19. The quantitative estimate of drug-likeness (QED) is 0.149. The summed E-state index contributed by atoms with van der Waals surface area (Å²) < 4.78 is 10.3. The van der Waals surface area contributed by atoms with Crippen molar-refractivity contribution in [2.75, 3.05) is 19.8 Å². The van der Waals surface area contributed by atoms with Gasteiger partial charge in [-0.25, -0.2) is 4.79 Å². The van der Waals surface area contributed by atoms with Gasteiger partial charge in [0.2, 0.25) is 0 Å².